The van der Waals surface area contributed by atoms with E-state index < -0.39 is 0 Å². The molecule has 4 nitrogen and oxygen atoms in total. The number of benzene rings is 1. The Bertz CT molecular complexity index is 696. The predicted molar refractivity (Wildman–Crippen MR) is 96.0 cm³/mol. The molecule has 1 aromatic heterocycles. The lowest BCUT2D eigenvalue weighted by Crippen LogP contribution is -2.21. The Morgan fingerprint density at radius 1 is 0.955 bits per heavy atom. The molecule has 0 unspecified atom stereocenters. The number of hydrogen-bond acceptors (Lipinski definition) is 3. The van der Waals surface area contributed by atoms with Crippen LogP contribution in [0.5, 0.6) is 5.75 Å². The van der Waals surface area contributed by atoms with Gasteiger partial charge in [0.05, 0.1) is 7.11 Å². The minimum Gasteiger partial charge on any atom is -0.497 e. The van der Waals surface area contributed by atoms with Crippen molar-refractivity contribution >= 4 is 28.8 Å². The van der Waals surface area contributed by atoms with Crippen molar-refractivity contribution in [3.8, 4) is 5.75 Å². The quantitative estimate of drug-likeness (QED) is 0.834. The van der Waals surface area contributed by atoms with E-state index in [2.05, 4.69) is 29.5 Å². The molecule has 1 heterocycles. The molecule has 0 amide bonds. The summed E-state index contributed by atoms with van der Waals surface area (Å²) in [5.41, 5.74) is 5.48. The summed E-state index contributed by atoms with van der Waals surface area (Å²) in [6, 6.07) is 7.60. The van der Waals surface area contributed by atoms with Crippen LogP contribution in [-0.4, -0.2) is 17.2 Å². The molecule has 0 atom stereocenters. The number of aryl methyl sites for hydroxylation is 1. The molecule has 0 fully saturated rings. The fourth-order valence-corrected chi connectivity index (χ4v) is 2.35. The fourth-order valence-electron chi connectivity index (χ4n) is 2.13. The molecular weight excluding hydrogens is 294 g/mol. The van der Waals surface area contributed by atoms with Crippen LogP contribution in [-0.2, 0) is 0 Å². The van der Waals surface area contributed by atoms with E-state index in [9.17, 15) is 0 Å². The van der Waals surface area contributed by atoms with Gasteiger partial charge in [-0.3, -0.25) is 0 Å². The van der Waals surface area contributed by atoms with Crippen LogP contribution in [0.4, 0.5) is 11.5 Å². The number of hydrogen-bond donors (Lipinski definition) is 2. The number of ether oxygens (including phenoxy) is 1. The predicted octanol–water partition coefficient (Wildman–Crippen LogP) is 4.13. The zero-order chi connectivity index (χ0) is 16.3. The summed E-state index contributed by atoms with van der Waals surface area (Å²) in [4.78, 5) is 4.58. The number of thiocarbonyl (C=S) groups is 1. The van der Waals surface area contributed by atoms with Gasteiger partial charge in [-0.25, -0.2) is 4.98 Å². The number of aromatic nitrogens is 1. The fraction of sp³-hybridized carbons (Fsp3) is 0.294. The van der Waals surface area contributed by atoms with Gasteiger partial charge in [0.1, 0.15) is 11.6 Å². The van der Waals surface area contributed by atoms with Gasteiger partial charge in [-0.2, -0.15) is 0 Å². The summed E-state index contributed by atoms with van der Waals surface area (Å²) in [5.74, 6) is 1.61. The van der Waals surface area contributed by atoms with Crippen LogP contribution >= 0.6 is 12.2 Å². The summed E-state index contributed by atoms with van der Waals surface area (Å²) in [6.07, 6.45) is 0. The lowest BCUT2D eigenvalue weighted by Gasteiger charge is -2.16. The van der Waals surface area contributed by atoms with E-state index >= 15 is 0 Å². The molecule has 5 heteroatoms. The number of anilines is 2. The van der Waals surface area contributed by atoms with Gasteiger partial charge < -0.3 is 15.4 Å². The summed E-state index contributed by atoms with van der Waals surface area (Å²) < 4.78 is 5.14. The van der Waals surface area contributed by atoms with Crippen LogP contribution in [0.25, 0.3) is 0 Å². The van der Waals surface area contributed by atoms with Crippen molar-refractivity contribution in [1.29, 1.82) is 0 Å². The number of rotatable bonds is 3. The molecule has 2 N–H and O–H groups in total. The molecule has 116 valence electrons. The maximum atomic E-state index is 5.36. The molecule has 2 rings (SSSR count). The van der Waals surface area contributed by atoms with Gasteiger partial charge in [-0.15, -0.1) is 0 Å². The third-order valence-corrected chi connectivity index (χ3v) is 4.09. The Morgan fingerprint density at radius 2 is 1.59 bits per heavy atom. The average Bonchev–Trinajstić information content (AvgIpc) is 2.51. The molecule has 0 bridgehead atoms. The average molecular weight is 315 g/mol. The molecule has 0 saturated heterocycles. The third-order valence-electron chi connectivity index (χ3n) is 3.88. The normalized spacial score (nSPS) is 10.2. The molecule has 2 aromatic rings. The van der Waals surface area contributed by atoms with Crippen molar-refractivity contribution in [2.75, 3.05) is 17.7 Å². The molecular formula is C17H21N3OS. The molecule has 0 aliphatic heterocycles. The molecule has 22 heavy (non-hydrogen) atoms. The Hall–Kier alpha value is -2.14. The summed E-state index contributed by atoms with van der Waals surface area (Å²) in [7, 11) is 1.64. The van der Waals surface area contributed by atoms with Crippen molar-refractivity contribution in [3.63, 3.8) is 0 Å². The van der Waals surface area contributed by atoms with Crippen molar-refractivity contribution in [3.05, 3.63) is 46.6 Å². The van der Waals surface area contributed by atoms with E-state index in [1.807, 2.05) is 38.1 Å². The molecule has 0 spiro atoms. The van der Waals surface area contributed by atoms with Crippen LogP contribution < -0.4 is 15.4 Å². The monoisotopic (exact) mass is 315 g/mol. The minimum absolute atomic E-state index is 0.517. The first-order valence-corrected chi connectivity index (χ1v) is 7.49. The first-order chi connectivity index (χ1) is 10.4. The van der Waals surface area contributed by atoms with Gasteiger partial charge in [0, 0.05) is 11.4 Å². The van der Waals surface area contributed by atoms with E-state index in [4.69, 9.17) is 17.0 Å². The highest BCUT2D eigenvalue weighted by molar-refractivity contribution is 7.80. The first kappa shape index (κ1) is 16.2. The Balaban J connectivity index is 2.12. The number of methoxy groups -OCH3 is 1. The lowest BCUT2D eigenvalue weighted by atomic mass is 10.0. The van der Waals surface area contributed by atoms with Gasteiger partial charge in [0.2, 0.25) is 0 Å². The van der Waals surface area contributed by atoms with Gasteiger partial charge in [-0.1, -0.05) is 0 Å². The van der Waals surface area contributed by atoms with Crippen LogP contribution in [0.1, 0.15) is 22.4 Å². The molecule has 0 aliphatic rings. The second-order valence-electron chi connectivity index (χ2n) is 5.23. The number of nitrogens with one attached hydrogen (secondary N) is 2. The van der Waals surface area contributed by atoms with Crippen LogP contribution in [0.3, 0.4) is 0 Å². The van der Waals surface area contributed by atoms with Crippen LogP contribution in [0.2, 0.25) is 0 Å². The lowest BCUT2D eigenvalue weighted by molar-refractivity contribution is 0.415. The second-order valence-corrected chi connectivity index (χ2v) is 5.64. The maximum absolute atomic E-state index is 5.36. The molecule has 0 radical (unpaired) electrons. The number of nitrogens with zero attached hydrogens (tertiary/aromatic N) is 1. The highest BCUT2D eigenvalue weighted by Gasteiger charge is 2.10. The van der Waals surface area contributed by atoms with E-state index in [-0.39, 0.29) is 0 Å². The smallest absolute Gasteiger partial charge is 0.176 e. The first-order valence-electron chi connectivity index (χ1n) is 7.09. The van der Waals surface area contributed by atoms with Gasteiger partial charge >= 0.3 is 0 Å². The van der Waals surface area contributed by atoms with Crippen molar-refractivity contribution < 1.29 is 4.74 Å². The Labute approximate surface area is 136 Å². The van der Waals surface area contributed by atoms with E-state index in [1.54, 1.807) is 7.11 Å². The third kappa shape index (κ3) is 3.54. The van der Waals surface area contributed by atoms with Gasteiger partial charge in [0.15, 0.2) is 5.11 Å². The van der Waals surface area contributed by atoms with Crippen molar-refractivity contribution in [2.45, 2.75) is 27.7 Å². The van der Waals surface area contributed by atoms with Gasteiger partial charge in [0.25, 0.3) is 0 Å². The zero-order valence-electron chi connectivity index (χ0n) is 13.6. The van der Waals surface area contributed by atoms with E-state index in [0.29, 0.717) is 5.11 Å². The SMILES string of the molecule is COc1ccc(NC(=S)Nc2nc(C)c(C)c(C)c2C)cc1. The van der Waals surface area contributed by atoms with Crippen LogP contribution in [0.15, 0.2) is 24.3 Å². The van der Waals surface area contributed by atoms with Gasteiger partial charge in [-0.05, 0) is 80.9 Å². The minimum atomic E-state index is 0.517. The van der Waals surface area contributed by atoms with E-state index in [0.717, 1.165) is 28.5 Å². The highest BCUT2D eigenvalue weighted by Crippen LogP contribution is 2.22. The largest absolute Gasteiger partial charge is 0.497 e. The topological polar surface area (TPSA) is 46.2 Å². The second kappa shape index (κ2) is 6.75. The van der Waals surface area contributed by atoms with Crippen molar-refractivity contribution in [2.24, 2.45) is 0 Å². The summed E-state index contributed by atoms with van der Waals surface area (Å²) >= 11 is 5.36. The van der Waals surface area contributed by atoms with E-state index in [1.165, 1.54) is 11.1 Å². The summed E-state index contributed by atoms with van der Waals surface area (Å²) in [5, 5.41) is 6.84. The van der Waals surface area contributed by atoms with Crippen molar-refractivity contribution in [1.82, 2.24) is 4.98 Å². The van der Waals surface area contributed by atoms with Crippen LogP contribution in [0, 0.1) is 27.7 Å². The zero-order valence-corrected chi connectivity index (χ0v) is 14.4. The number of pyridine rings is 1. The molecule has 1 aromatic carbocycles. The maximum Gasteiger partial charge on any atom is 0.176 e. The molecule has 0 saturated carbocycles. The standard InChI is InChI=1S/C17H21N3OS/c1-10-11(2)13(4)18-16(12(10)3)20-17(22)19-14-6-8-15(21-5)9-7-14/h6-9H,1-5H3,(H2,18,19,20,22). The Kier molecular flexibility index (Phi) is 4.98. The summed E-state index contributed by atoms with van der Waals surface area (Å²) in [6.45, 7) is 8.24. The highest BCUT2D eigenvalue weighted by atomic mass is 32.1. The molecule has 0 aliphatic carbocycles. The Morgan fingerprint density at radius 3 is 2.18 bits per heavy atom.